The molecule has 0 aliphatic carbocycles. The normalized spacial score (nSPS) is 18.2. The number of anilines is 1. The van der Waals surface area contributed by atoms with E-state index < -0.39 is 5.54 Å². The molecule has 0 amide bonds. The van der Waals surface area contributed by atoms with Crippen LogP contribution in [0.15, 0.2) is 11.0 Å². The SMILES string of the molecule is CC(C)n1ncc(NC2(CO)CCOCC2)c(Cl)c1=O. The Morgan fingerprint density at radius 1 is 1.55 bits per heavy atom. The molecule has 0 bridgehead atoms. The minimum atomic E-state index is -0.500. The molecule has 1 saturated heterocycles. The Bertz CT molecular complexity index is 524. The third-order valence-corrected chi connectivity index (χ3v) is 3.95. The number of nitrogens with one attached hydrogen (secondary N) is 1. The van der Waals surface area contributed by atoms with Gasteiger partial charge in [0.1, 0.15) is 5.02 Å². The average Bonchev–Trinajstić information content (AvgIpc) is 2.45. The van der Waals surface area contributed by atoms with Crippen LogP contribution >= 0.6 is 11.6 Å². The molecule has 0 aromatic carbocycles. The standard InChI is InChI=1S/C13H20ClN3O3/c1-9(2)17-12(19)11(14)10(7-15-17)16-13(8-18)3-5-20-6-4-13/h7,9,16,18H,3-6,8H2,1-2H3. The number of aromatic nitrogens is 2. The molecule has 112 valence electrons. The molecule has 7 heteroatoms. The first-order chi connectivity index (χ1) is 9.49. The molecule has 2 rings (SSSR count). The molecule has 2 N–H and O–H groups in total. The number of hydrogen-bond acceptors (Lipinski definition) is 5. The second-order valence-electron chi connectivity index (χ2n) is 5.39. The van der Waals surface area contributed by atoms with Crippen molar-refractivity contribution in [3.8, 4) is 0 Å². The van der Waals surface area contributed by atoms with Crippen LogP contribution in [0.4, 0.5) is 5.69 Å². The number of halogens is 1. The molecule has 1 aliphatic heterocycles. The largest absolute Gasteiger partial charge is 0.394 e. The summed E-state index contributed by atoms with van der Waals surface area (Å²) in [5, 5.41) is 17.0. The van der Waals surface area contributed by atoms with Crippen LogP contribution in [0.25, 0.3) is 0 Å². The Kier molecular flexibility index (Phi) is 4.67. The zero-order chi connectivity index (χ0) is 14.8. The summed E-state index contributed by atoms with van der Waals surface area (Å²) in [5.74, 6) is 0. The summed E-state index contributed by atoms with van der Waals surface area (Å²) in [5.41, 5.74) is -0.364. The van der Waals surface area contributed by atoms with E-state index in [1.165, 1.54) is 10.9 Å². The Morgan fingerprint density at radius 3 is 2.75 bits per heavy atom. The van der Waals surface area contributed by atoms with Crippen molar-refractivity contribution in [1.82, 2.24) is 9.78 Å². The Hall–Kier alpha value is -1.11. The zero-order valence-corrected chi connectivity index (χ0v) is 12.5. The van der Waals surface area contributed by atoms with Gasteiger partial charge in [-0.15, -0.1) is 0 Å². The lowest BCUT2D eigenvalue weighted by atomic mass is 9.91. The third-order valence-electron chi connectivity index (χ3n) is 3.59. The van der Waals surface area contributed by atoms with E-state index in [2.05, 4.69) is 10.4 Å². The Labute approximate surface area is 122 Å². The van der Waals surface area contributed by atoms with Gasteiger partial charge in [-0.2, -0.15) is 5.10 Å². The van der Waals surface area contributed by atoms with Crippen molar-refractivity contribution in [2.24, 2.45) is 0 Å². The molecular weight excluding hydrogens is 282 g/mol. The number of aliphatic hydroxyl groups excluding tert-OH is 1. The fourth-order valence-corrected chi connectivity index (χ4v) is 2.45. The van der Waals surface area contributed by atoms with Crippen molar-refractivity contribution in [1.29, 1.82) is 0 Å². The van der Waals surface area contributed by atoms with Crippen molar-refractivity contribution < 1.29 is 9.84 Å². The highest BCUT2D eigenvalue weighted by Crippen LogP contribution is 2.28. The van der Waals surface area contributed by atoms with Gasteiger partial charge in [-0.1, -0.05) is 11.6 Å². The quantitative estimate of drug-likeness (QED) is 0.880. The molecule has 0 saturated carbocycles. The topological polar surface area (TPSA) is 76.4 Å². The van der Waals surface area contributed by atoms with Crippen molar-refractivity contribution in [3.05, 3.63) is 21.6 Å². The number of nitrogens with zero attached hydrogens (tertiary/aromatic N) is 2. The maximum atomic E-state index is 12.1. The average molecular weight is 302 g/mol. The fraction of sp³-hybridized carbons (Fsp3) is 0.692. The highest BCUT2D eigenvalue weighted by atomic mass is 35.5. The molecule has 0 atom stereocenters. The van der Waals surface area contributed by atoms with Gasteiger partial charge in [0.2, 0.25) is 0 Å². The van der Waals surface area contributed by atoms with Crippen molar-refractivity contribution >= 4 is 17.3 Å². The van der Waals surface area contributed by atoms with Gasteiger partial charge in [-0.05, 0) is 26.7 Å². The van der Waals surface area contributed by atoms with Gasteiger partial charge in [-0.3, -0.25) is 4.79 Å². The lowest BCUT2D eigenvalue weighted by Crippen LogP contribution is -2.47. The first kappa shape index (κ1) is 15.3. The van der Waals surface area contributed by atoms with E-state index in [0.717, 1.165) is 0 Å². The molecule has 1 fully saturated rings. The van der Waals surface area contributed by atoms with Crippen LogP contribution < -0.4 is 10.9 Å². The second-order valence-corrected chi connectivity index (χ2v) is 5.77. The maximum absolute atomic E-state index is 12.1. The summed E-state index contributed by atoms with van der Waals surface area (Å²) >= 11 is 6.13. The van der Waals surface area contributed by atoms with Crippen LogP contribution in [-0.4, -0.2) is 40.2 Å². The number of aliphatic hydroxyl groups is 1. The summed E-state index contributed by atoms with van der Waals surface area (Å²) < 4.78 is 6.64. The van der Waals surface area contributed by atoms with E-state index in [1.54, 1.807) is 0 Å². The Morgan fingerprint density at radius 2 is 2.20 bits per heavy atom. The van der Waals surface area contributed by atoms with E-state index in [1.807, 2.05) is 13.8 Å². The summed E-state index contributed by atoms with van der Waals surface area (Å²) in [6.07, 6.45) is 2.86. The molecule has 1 aromatic heterocycles. The number of hydrogen-bond donors (Lipinski definition) is 2. The lowest BCUT2D eigenvalue weighted by molar-refractivity contribution is 0.0380. The predicted octanol–water partition coefficient (Wildman–Crippen LogP) is 1.43. The highest BCUT2D eigenvalue weighted by Gasteiger charge is 2.32. The fourth-order valence-electron chi connectivity index (χ4n) is 2.27. The van der Waals surface area contributed by atoms with Gasteiger partial charge in [0.05, 0.1) is 30.1 Å². The monoisotopic (exact) mass is 301 g/mol. The van der Waals surface area contributed by atoms with E-state index in [9.17, 15) is 9.90 Å². The number of rotatable bonds is 4. The van der Waals surface area contributed by atoms with Gasteiger partial charge in [0.15, 0.2) is 0 Å². The lowest BCUT2D eigenvalue weighted by Gasteiger charge is -2.37. The third kappa shape index (κ3) is 2.97. The van der Waals surface area contributed by atoms with Gasteiger partial charge in [-0.25, -0.2) is 4.68 Å². The van der Waals surface area contributed by atoms with Gasteiger partial charge < -0.3 is 15.2 Å². The van der Waals surface area contributed by atoms with Crippen LogP contribution in [-0.2, 0) is 4.74 Å². The zero-order valence-electron chi connectivity index (χ0n) is 11.7. The smallest absolute Gasteiger partial charge is 0.287 e. The summed E-state index contributed by atoms with van der Waals surface area (Å²) in [6, 6.07) is -0.0519. The van der Waals surface area contributed by atoms with E-state index >= 15 is 0 Å². The molecule has 6 nitrogen and oxygen atoms in total. The number of ether oxygens (including phenoxy) is 1. The van der Waals surface area contributed by atoms with E-state index in [0.29, 0.717) is 31.7 Å². The second kappa shape index (κ2) is 6.11. The van der Waals surface area contributed by atoms with Crippen LogP contribution in [0.3, 0.4) is 0 Å². The van der Waals surface area contributed by atoms with Crippen LogP contribution in [0.2, 0.25) is 5.02 Å². The maximum Gasteiger partial charge on any atom is 0.287 e. The molecule has 20 heavy (non-hydrogen) atoms. The van der Waals surface area contributed by atoms with Crippen molar-refractivity contribution in [2.75, 3.05) is 25.1 Å². The summed E-state index contributed by atoms with van der Waals surface area (Å²) in [7, 11) is 0. The van der Waals surface area contributed by atoms with Gasteiger partial charge >= 0.3 is 0 Å². The van der Waals surface area contributed by atoms with Crippen LogP contribution in [0.1, 0.15) is 32.7 Å². The Balaban J connectivity index is 2.29. The molecule has 0 unspecified atom stereocenters. The first-order valence-electron chi connectivity index (χ1n) is 6.73. The van der Waals surface area contributed by atoms with Gasteiger partial charge in [0, 0.05) is 13.2 Å². The molecule has 0 spiro atoms. The minimum absolute atomic E-state index is 0.0417. The molecule has 0 radical (unpaired) electrons. The molecule has 2 heterocycles. The molecule has 1 aromatic rings. The van der Waals surface area contributed by atoms with Crippen LogP contribution in [0.5, 0.6) is 0 Å². The molecular formula is C13H20ClN3O3. The molecule has 1 aliphatic rings. The first-order valence-corrected chi connectivity index (χ1v) is 7.11. The van der Waals surface area contributed by atoms with E-state index in [-0.39, 0.29) is 23.2 Å². The summed E-state index contributed by atoms with van der Waals surface area (Å²) in [4.78, 5) is 12.1. The van der Waals surface area contributed by atoms with Crippen LogP contribution in [0, 0.1) is 0 Å². The summed E-state index contributed by atoms with van der Waals surface area (Å²) in [6.45, 7) is 4.83. The van der Waals surface area contributed by atoms with Crippen molar-refractivity contribution in [3.63, 3.8) is 0 Å². The van der Waals surface area contributed by atoms with E-state index in [4.69, 9.17) is 16.3 Å². The minimum Gasteiger partial charge on any atom is -0.394 e. The highest BCUT2D eigenvalue weighted by molar-refractivity contribution is 6.32. The van der Waals surface area contributed by atoms with Gasteiger partial charge in [0.25, 0.3) is 5.56 Å². The van der Waals surface area contributed by atoms with Crippen molar-refractivity contribution in [2.45, 2.75) is 38.3 Å². The predicted molar refractivity (Wildman–Crippen MR) is 77.4 cm³/mol.